The van der Waals surface area contributed by atoms with Crippen molar-refractivity contribution in [2.75, 3.05) is 29.6 Å². The fourth-order valence-electron chi connectivity index (χ4n) is 2.82. The zero-order valence-electron chi connectivity index (χ0n) is 13.9. The van der Waals surface area contributed by atoms with Crippen LogP contribution in [0.15, 0.2) is 41.6 Å². The minimum Gasteiger partial charge on any atom is -0.339 e. The number of anilines is 2. The zero-order chi connectivity index (χ0) is 17.6. The molecule has 3 rings (SSSR count). The fraction of sp³-hybridized carbons (Fsp3) is 0.353. The second kappa shape index (κ2) is 8.40. The molecular formula is C17H20ClN5OS. The number of carbonyl (C=O) groups excluding carboxylic acids is 1. The van der Waals surface area contributed by atoms with Crippen molar-refractivity contribution in [2.24, 2.45) is 0 Å². The SMILES string of the molecule is CSc1cc(NC(=O)NC2CCCN(c3ncccn3)C2)ccc1Cl. The third-order valence-corrected chi connectivity index (χ3v) is 5.22. The van der Waals surface area contributed by atoms with Crippen molar-refractivity contribution in [3.8, 4) is 0 Å². The lowest BCUT2D eigenvalue weighted by Crippen LogP contribution is -2.49. The maximum absolute atomic E-state index is 12.3. The Labute approximate surface area is 156 Å². The molecule has 1 aliphatic heterocycles. The first-order valence-corrected chi connectivity index (χ1v) is 9.69. The van der Waals surface area contributed by atoms with Crippen molar-refractivity contribution in [1.29, 1.82) is 0 Å². The van der Waals surface area contributed by atoms with Crippen LogP contribution in [0.2, 0.25) is 5.02 Å². The van der Waals surface area contributed by atoms with Gasteiger partial charge in [0.1, 0.15) is 0 Å². The Balaban J connectivity index is 1.57. The number of carbonyl (C=O) groups is 1. The smallest absolute Gasteiger partial charge is 0.319 e. The predicted molar refractivity (Wildman–Crippen MR) is 103 cm³/mol. The topological polar surface area (TPSA) is 70.2 Å². The molecule has 2 amide bonds. The highest BCUT2D eigenvalue weighted by atomic mass is 35.5. The molecule has 1 unspecified atom stereocenters. The molecule has 0 radical (unpaired) electrons. The van der Waals surface area contributed by atoms with E-state index < -0.39 is 0 Å². The lowest BCUT2D eigenvalue weighted by Gasteiger charge is -2.33. The van der Waals surface area contributed by atoms with E-state index in [1.807, 2.05) is 12.3 Å². The summed E-state index contributed by atoms with van der Waals surface area (Å²) < 4.78 is 0. The Hall–Kier alpha value is -1.99. The average molecular weight is 378 g/mol. The van der Waals surface area contributed by atoms with Gasteiger partial charge in [-0.15, -0.1) is 11.8 Å². The van der Waals surface area contributed by atoms with E-state index in [0.29, 0.717) is 17.5 Å². The van der Waals surface area contributed by atoms with Crippen LogP contribution in [0.4, 0.5) is 16.4 Å². The summed E-state index contributed by atoms with van der Waals surface area (Å²) in [5.74, 6) is 0.705. The largest absolute Gasteiger partial charge is 0.339 e. The number of halogens is 1. The number of aromatic nitrogens is 2. The molecule has 2 aromatic rings. The molecule has 132 valence electrons. The molecule has 1 aliphatic rings. The van der Waals surface area contributed by atoms with Gasteiger partial charge in [0.15, 0.2) is 0 Å². The highest BCUT2D eigenvalue weighted by molar-refractivity contribution is 7.98. The average Bonchev–Trinajstić information content (AvgIpc) is 2.64. The van der Waals surface area contributed by atoms with Gasteiger partial charge in [-0.2, -0.15) is 0 Å². The molecule has 1 aromatic heterocycles. The highest BCUT2D eigenvalue weighted by Gasteiger charge is 2.23. The summed E-state index contributed by atoms with van der Waals surface area (Å²) >= 11 is 7.64. The van der Waals surface area contributed by atoms with Gasteiger partial charge in [0.05, 0.1) is 5.02 Å². The van der Waals surface area contributed by atoms with Gasteiger partial charge >= 0.3 is 6.03 Å². The summed E-state index contributed by atoms with van der Waals surface area (Å²) in [7, 11) is 0. The minimum atomic E-state index is -0.213. The number of thioether (sulfide) groups is 1. The number of rotatable bonds is 4. The summed E-state index contributed by atoms with van der Waals surface area (Å²) in [6.07, 6.45) is 7.34. The fourth-order valence-corrected chi connectivity index (χ4v) is 3.68. The van der Waals surface area contributed by atoms with Crippen LogP contribution < -0.4 is 15.5 Å². The van der Waals surface area contributed by atoms with Crippen LogP contribution >= 0.6 is 23.4 Å². The number of amides is 2. The Morgan fingerprint density at radius 1 is 1.36 bits per heavy atom. The maximum Gasteiger partial charge on any atom is 0.319 e. The third kappa shape index (κ3) is 4.76. The predicted octanol–water partition coefficient (Wildman–Crippen LogP) is 3.64. The number of urea groups is 1. The molecule has 2 heterocycles. The van der Waals surface area contributed by atoms with Crippen molar-refractivity contribution in [3.63, 3.8) is 0 Å². The molecule has 2 N–H and O–H groups in total. The molecule has 1 aromatic carbocycles. The van der Waals surface area contributed by atoms with Gasteiger partial charge < -0.3 is 15.5 Å². The quantitative estimate of drug-likeness (QED) is 0.796. The molecule has 1 saturated heterocycles. The van der Waals surface area contributed by atoms with E-state index in [9.17, 15) is 4.79 Å². The first-order valence-electron chi connectivity index (χ1n) is 8.09. The highest BCUT2D eigenvalue weighted by Crippen LogP contribution is 2.28. The number of nitrogens with one attached hydrogen (secondary N) is 2. The van der Waals surface area contributed by atoms with E-state index in [1.54, 1.807) is 42.4 Å². The molecule has 1 fully saturated rings. The number of nitrogens with zero attached hydrogens (tertiary/aromatic N) is 3. The summed E-state index contributed by atoms with van der Waals surface area (Å²) in [4.78, 5) is 23.9. The van der Waals surface area contributed by atoms with Gasteiger partial charge in [0.25, 0.3) is 0 Å². The second-order valence-corrected chi connectivity index (χ2v) is 7.04. The van der Waals surface area contributed by atoms with Crippen LogP contribution in [0.3, 0.4) is 0 Å². The molecule has 0 bridgehead atoms. The summed E-state index contributed by atoms with van der Waals surface area (Å²) in [5.41, 5.74) is 0.727. The maximum atomic E-state index is 12.3. The Morgan fingerprint density at radius 2 is 2.16 bits per heavy atom. The van der Waals surface area contributed by atoms with Crippen LogP contribution in [0.5, 0.6) is 0 Å². The standard InChI is InChI=1S/C17H20ClN5OS/c1-25-15-10-12(5-6-14(15)18)21-17(24)22-13-4-2-9-23(11-13)16-19-7-3-8-20-16/h3,5-8,10,13H,2,4,9,11H2,1H3,(H2,21,22,24). The number of hydrogen-bond donors (Lipinski definition) is 2. The van der Waals surface area contributed by atoms with Gasteiger partial charge in [0.2, 0.25) is 5.95 Å². The van der Waals surface area contributed by atoms with Crippen molar-refractivity contribution >= 4 is 41.0 Å². The van der Waals surface area contributed by atoms with E-state index in [-0.39, 0.29) is 12.1 Å². The molecule has 6 nitrogen and oxygen atoms in total. The number of piperidine rings is 1. The van der Waals surface area contributed by atoms with Gasteiger partial charge in [0, 0.05) is 42.1 Å². The summed E-state index contributed by atoms with van der Waals surface area (Å²) in [6, 6.07) is 7.11. The van der Waals surface area contributed by atoms with E-state index in [1.165, 1.54) is 0 Å². The van der Waals surface area contributed by atoms with E-state index in [2.05, 4.69) is 25.5 Å². The van der Waals surface area contributed by atoms with Gasteiger partial charge in [-0.3, -0.25) is 0 Å². The van der Waals surface area contributed by atoms with E-state index in [4.69, 9.17) is 11.6 Å². The van der Waals surface area contributed by atoms with Crippen molar-refractivity contribution < 1.29 is 4.79 Å². The Bertz CT molecular complexity index is 730. The monoisotopic (exact) mass is 377 g/mol. The molecule has 25 heavy (non-hydrogen) atoms. The molecular weight excluding hydrogens is 358 g/mol. The Morgan fingerprint density at radius 3 is 2.92 bits per heavy atom. The Kier molecular flexibility index (Phi) is 5.99. The second-order valence-electron chi connectivity index (χ2n) is 5.78. The first kappa shape index (κ1) is 17.8. The normalized spacial score (nSPS) is 17.2. The summed E-state index contributed by atoms with van der Waals surface area (Å²) in [6.45, 7) is 1.60. The first-order chi connectivity index (χ1) is 12.2. The van der Waals surface area contributed by atoms with Gasteiger partial charge in [-0.1, -0.05) is 11.6 Å². The van der Waals surface area contributed by atoms with E-state index in [0.717, 1.165) is 30.0 Å². The number of benzene rings is 1. The molecule has 0 aliphatic carbocycles. The van der Waals surface area contributed by atoms with Crippen LogP contribution in [0.25, 0.3) is 0 Å². The van der Waals surface area contributed by atoms with Crippen LogP contribution in [-0.2, 0) is 0 Å². The number of hydrogen-bond acceptors (Lipinski definition) is 5. The van der Waals surface area contributed by atoms with Crippen molar-refractivity contribution in [3.05, 3.63) is 41.7 Å². The molecule has 0 saturated carbocycles. The van der Waals surface area contributed by atoms with Crippen LogP contribution in [0, 0.1) is 0 Å². The molecule has 1 atom stereocenters. The molecule has 0 spiro atoms. The van der Waals surface area contributed by atoms with Crippen molar-refractivity contribution in [2.45, 2.75) is 23.8 Å². The lowest BCUT2D eigenvalue weighted by atomic mass is 10.1. The van der Waals surface area contributed by atoms with Crippen molar-refractivity contribution in [1.82, 2.24) is 15.3 Å². The van der Waals surface area contributed by atoms with E-state index >= 15 is 0 Å². The lowest BCUT2D eigenvalue weighted by molar-refractivity contribution is 0.246. The molecule has 8 heteroatoms. The van der Waals surface area contributed by atoms with Gasteiger partial charge in [-0.05, 0) is 43.4 Å². The van der Waals surface area contributed by atoms with Gasteiger partial charge in [-0.25, -0.2) is 14.8 Å². The zero-order valence-corrected chi connectivity index (χ0v) is 15.5. The minimum absolute atomic E-state index is 0.0601. The van der Waals surface area contributed by atoms with Crippen LogP contribution in [-0.4, -0.2) is 41.4 Å². The third-order valence-electron chi connectivity index (χ3n) is 4.00. The summed E-state index contributed by atoms with van der Waals surface area (Å²) in [5, 5.41) is 6.59. The van der Waals surface area contributed by atoms with Crippen LogP contribution in [0.1, 0.15) is 12.8 Å².